The Balaban J connectivity index is 1.69. The summed E-state index contributed by atoms with van der Waals surface area (Å²) in [5, 5.41) is 13.4. The van der Waals surface area contributed by atoms with Crippen molar-refractivity contribution >= 4 is 17.8 Å². The van der Waals surface area contributed by atoms with Gasteiger partial charge in [0.1, 0.15) is 0 Å². The van der Waals surface area contributed by atoms with E-state index in [2.05, 4.69) is 24.4 Å². The van der Waals surface area contributed by atoms with Crippen LogP contribution in [-0.2, 0) is 6.42 Å². The fourth-order valence-electron chi connectivity index (χ4n) is 3.00. The van der Waals surface area contributed by atoms with Crippen molar-refractivity contribution in [3.05, 3.63) is 35.9 Å². The number of rotatable bonds is 7. The summed E-state index contributed by atoms with van der Waals surface area (Å²) in [6.07, 6.45) is 2.14. The maximum atomic E-state index is 12.1. The van der Waals surface area contributed by atoms with E-state index in [4.69, 9.17) is 0 Å². The molecule has 1 aromatic rings. The topological polar surface area (TPSA) is 52.6 Å². The third kappa shape index (κ3) is 6.07. The predicted molar refractivity (Wildman–Crippen MR) is 96.8 cm³/mol. The van der Waals surface area contributed by atoms with Crippen LogP contribution in [0.15, 0.2) is 30.3 Å². The molecule has 4 nitrogen and oxygen atoms in total. The van der Waals surface area contributed by atoms with E-state index in [-0.39, 0.29) is 18.1 Å². The van der Waals surface area contributed by atoms with Crippen molar-refractivity contribution < 1.29 is 9.90 Å². The van der Waals surface area contributed by atoms with Gasteiger partial charge in [-0.15, -0.1) is 0 Å². The summed E-state index contributed by atoms with van der Waals surface area (Å²) >= 11 is 1.84. The van der Waals surface area contributed by atoms with Crippen molar-refractivity contribution in [1.29, 1.82) is 0 Å². The molecule has 1 heterocycles. The number of hydrogen-bond acceptors (Lipinski definition) is 3. The summed E-state index contributed by atoms with van der Waals surface area (Å²) in [5.74, 6) is 2.34. The predicted octanol–water partition coefficient (Wildman–Crippen LogP) is 2.76. The van der Waals surface area contributed by atoms with Gasteiger partial charge in [-0.3, -0.25) is 0 Å². The Hall–Kier alpha value is -1.20. The standard InChI is InChI=1S/C18H28N2O2S/c1-2-23-13-10-19-18(22)20-11-8-16(9-12-20)17(21)14-15-6-4-3-5-7-15/h3-7,16-17,21H,2,8-14H2,1H3,(H,19,22)/t17-/m0/s1. The second-order valence-electron chi connectivity index (χ2n) is 6.01. The lowest BCUT2D eigenvalue weighted by molar-refractivity contribution is 0.0672. The summed E-state index contributed by atoms with van der Waals surface area (Å²) in [6.45, 7) is 4.33. The van der Waals surface area contributed by atoms with Crippen molar-refractivity contribution in [2.45, 2.75) is 32.3 Å². The molecule has 128 valence electrons. The number of aliphatic hydroxyl groups is 1. The van der Waals surface area contributed by atoms with Crippen LogP contribution in [-0.4, -0.2) is 53.3 Å². The minimum atomic E-state index is -0.316. The number of benzene rings is 1. The second kappa shape index (κ2) is 9.83. The van der Waals surface area contributed by atoms with Gasteiger partial charge in [-0.05, 0) is 36.5 Å². The molecule has 1 saturated heterocycles. The smallest absolute Gasteiger partial charge is 0.317 e. The van der Waals surface area contributed by atoms with Gasteiger partial charge in [-0.1, -0.05) is 37.3 Å². The van der Waals surface area contributed by atoms with Gasteiger partial charge in [0.2, 0.25) is 0 Å². The minimum Gasteiger partial charge on any atom is -0.392 e. The lowest BCUT2D eigenvalue weighted by Gasteiger charge is -2.34. The summed E-state index contributed by atoms with van der Waals surface area (Å²) < 4.78 is 0. The fraction of sp³-hybridized carbons (Fsp3) is 0.611. The first-order chi connectivity index (χ1) is 11.2. The molecule has 1 aliphatic rings. The number of urea groups is 1. The first-order valence-corrected chi connectivity index (χ1v) is 9.68. The van der Waals surface area contributed by atoms with Gasteiger partial charge in [0.05, 0.1) is 6.10 Å². The van der Waals surface area contributed by atoms with E-state index < -0.39 is 0 Å². The molecule has 2 rings (SSSR count). The molecule has 0 bridgehead atoms. The Morgan fingerprint density at radius 2 is 2.04 bits per heavy atom. The molecule has 0 spiro atoms. The van der Waals surface area contributed by atoms with Crippen LogP contribution < -0.4 is 5.32 Å². The number of likely N-dealkylation sites (tertiary alicyclic amines) is 1. The second-order valence-corrected chi connectivity index (χ2v) is 7.40. The molecule has 0 saturated carbocycles. The van der Waals surface area contributed by atoms with Crippen molar-refractivity contribution in [3.63, 3.8) is 0 Å². The Bertz CT molecular complexity index is 461. The fourth-order valence-corrected chi connectivity index (χ4v) is 3.53. The molecule has 2 amide bonds. The van der Waals surface area contributed by atoms with Crippen LogP contribution in [0, 0.1) is 5.92 Å². The molecule has 2 N–H and O–H groups in total. The van der Waals surface area contributed by atoms with Crippen LogP contribution in [0.4, 0.5) is 4.79 Å². The van der Waals surface area contributed by atoms with Gasteiger partial charge in [0, 0.05) is 25.4 Å². The first-order valence-electron chi connectivity index (χ1n) is 8.53. The normalized spacial score (nSPS) is 17.0. The Morgan fingerprint density at radius 3 is 2.70 bits per heavy atom. The molecule has 1 aliphatic heterocycles. The number of carbonyl (C=O) groups excluding carboxylic acids is 1. The van der Waals surface area contributed by atoms with Crippen molar-refractivity contribution in [2.24, 2.45) is 5.92 Å². The number of piperidine rings is 1. The number of nitrogens with one attached hydrogen (secondary N) is 1. The summed E-state index contributed by atoms with van der Waals surface area (Å²) in [5.41, 5.74) is 1.17. The highest BCUT2D eigenvalue weighted by atomic mass is 32.2. The highest BCUT2D eigenvalue weighted by Crippen LogP contribution is 2.23. The van der Waals surface area contributed by atoms with E-state index in [0.717, 1.165) is 44.0 Å². The molecule has 0 aliphatic carbocycles. The van der Waals surface area contributed by atoms with E-state index in [1.54, 1.807) is 0 Å². The molecule has 0 unspecified atom stereocenters. The quantitative estimate of drug-likeness (QED) is 0.753. The monoisotopic (exact) mass is 336 g/mol. The minimum absolute atomic E-state index is 0.0395. The van der Waals surface area contributed by atoms with Gasteiger partial charge in [0.15, 0.2) is 0 Å². The number of nitrogens with zero attached hydrogens (tertiary/aromatic N) is 1. The summed E-state index contributed by atoms with van der Waals surface area (Å²) in [6, 6.07) is 10.2. The zero-order valence-corrected chi connectivity index (χ0v) is 14.7. The third-order valence-electron chi connectivity index (χ3n) is 4.39. The van der Waals surface area contributed by atoms with Gasteiger partial charge in [-0.2, -0.15) is 11.8 Å². The molecule has 5 heteroatoms. The molecule has 23 heavy (non-hydrogen) atoms. The summed E-state index contributed by atoms with van der Waals surface area (Å²) in [7, 11) is 0. The van der Waals surface area contributed by atoms with E-state index in [9.17, 15) is 9.90 Å². The molecular formula is C18H28N2O2S. The van der Waals surface area contributed by atoms with Crippen molar-refractivity contribution in [1.82, 2.24) is 10.2 Å². The van der Waals surface area contributed by atoms with Gasteiger partial charge < -0.3 is 15.3 Å². The third-order valence-corrected chi connectivity index (χ3v) is 5.29. The van der Waals surface area contributed by atoms with E-state index in [0.29, 0.717) is 6.42 Å². The molecule has 1 fully saturated rings. The van der Waals surface area contributed by atoms with Gasteiger partial charge in [0.25, 0.3) is 0 Å². The SMILES string of the molecule is CCSCCNC(=O)N1CCC([C@@H](O)Cc2ccccc2)CC1. The zero-order chi connectivity index (χ0) is 16.5. The van der Waals surface area contributed by atoms with Crippen molar-refractivity contribution in [3.8, 4) is 0 Å². The van der Waals surface area contributed by atoms with Gasteiger partial charge in [-0.25, -0.2) is 4.79 Å². The van der Waals surface area contributed by atoms with Crippen LogP contribution in [0.1, 0.15) is 25.3 Å². The molecule has 1 atom stereocenters. The van der Waals surface area contributed by atoms with Crippen LogP contribution in [0.25, 0.3) is 0 Å². The number of carbonyl (C=O) groups is 1. The Kier molecular flexibility index (Phi) is 7.76. The molecule has 0 aromatic heterocycles. The van der Waals surface area contributed by atoms with Crippen LogP contribution in [0.5, 0.6) is 0 Å². The first kappa shape index (κ1) is 18.1. The highest BCUT2D eigenvalue weighted by Gasteiger charge is 2.27. The maximum absolute atomic E-state index is 12.1. The van der Waals surface area contributed by atoms with Crippen LogP contribution in [0.3, 0.4) is 0 Å². The number of aliphatic hydroxyl groups excluding tert-OH is 1. The highest BCUT2D eigenvalue weighted by molar-refractivity contribution is 7.99. The average Bonchev–Trinajstić information content (AvgIpc) is 2.59. The number of hydrogen-bond donors (Lipinski definition) is 2. The Morgan fingerprint density at radius 1 is 1.35 bits per heavy atom. The number of thioether (sulfide) groups is 1. The molecule has 0 radical (unpaired) electrons. The van der Waals surface area contributed by atoms with Gasteiger partial charge >= 0.3 is 6.03 Å². The largest absolute Gasteiger partial charge is 0.392 e. The summed E-state index contributed by atoms with van der Waals surface area (Å²) in [4.78, 5) is 13.9. The molecular weight excluding hydrogens is 308 g/mol. The van der Waals surface area contributed by atoms with E-state index >= 15 is 0 Å². The van der Waals surface area contributed by atoms with Crippen LogP contribution in [0.2, 0.25) is 0 Å². The van der Waals surface area contributed by atoms with Crippen LogP contribution >= 0.6 is 11.8 Å². The average molecular weight is 337 g/mol. The zero-order valence-electron chi connectivity index (χ0n) is 13.9. The molecule has 1 aromatic carbocycles. The van der Waals surface area contributed by atoms with E-state index in [1.807, 2.05) is 34.9 Å². The number of amides is 2. The van der Waals surface area contributed by atoms with Crippen molar-refractivity contribution in [2.75, 3.05) is 31.1 Å². The Labute approximate surface area is 143 Å². The lowest BCUT2D eigenvalue weighted by atomic mass is 9.88. The maximum Gasteiger partial charge on any atom is 0.317 e. The lowest BCUT2D eigenvalue weighted by Crippen LogP contribution is -2.46. The van der Waals surface area contributed by atoms with E-state index in [1.165, 1.54) is 5.56 Å².